The lowest BCUT2D eigenvalue weighted by Gasteiger charge is -2.19. The monoisotopic (exact) mass is 444 g/mol. The van der Waals surface area contributed by atoms with Crippen molar-refractivity contribution in [1.29, 1.82) is 0 Å². The third-order valence-corrected chi connectivity index (χ3v) is 7.52. The number of sulfonamides is 1. The quantitative estimate of drug-likeness (QED) is 0.635. The van der Waals surface area contributed by atoms with Gasteiger partial charge >= 0.3 is 5.97 Å². The van der Waals surface area contributed by atoms with Gasteiger partial charge in [-0.3, -0.25) is 4.79 Å². The first-order chi connectivity index (χ1) is 14.9. The molecule has 0 atom stereocenters. The third kappa shape index (κ3) is 4.15. The van der Waals surface area contributed by atoms with Crippen LogP contribution in [0, 0.1) is 0 Å². The Morgan fingerprint density at radius 3 is 2.52 bits per heavy atom. The molecule has 164 valence electrons. The molecule has 31 heavy (non-hydrogen) atoms. The minimum atomic E-state index is -3.79. The van der Waals surface area contributed by atoms with E-state index in [1.54, 1.807) is 4.90 Å². The van der Waals surface area contributed by atoms with Gasteiger partial charge in [0.2, 0.25) is 10.0 Å². The number of ether oxygens (including phenoxy) is 2. The highest BCUT2D eigenvalue weighted by Crippen LogP contribution is 2.30. The number of hydrogen-bond donors (Lipinski definition) is 0. The van der Waals surface area contributed by atoms with E-state index in [4.69, 9.17) is 9.47 Å². The molecule has 2 heterocycles. The molecule has 9 heteroatoms. The minimum absolute atomic E-state index is 0.0493. The number of para-hydroxylation sites is 1. The Morgan fingerprint density at radius 2 is 1.77 bits per heavy atom. The van der Waals surface area contributed by atoms with E-state index >= 15 is 0 Å². The molecule has 0 aromatic heterocycles. The van der Waals surface area contributed by atoms with Gasteiger partial charge in [-0.25, -0.2) is 13.2 Å². The lowest BCUT2D eigenvalue weighted by Crippen LogP contribution is -2.33. The summed E-state index contributed by atoms with van der Waals surface area (Å²) in [6, 6.07) is 11.7. The second-order valence-electron chi connectivity index (χ2n) is 7.48. The van der Waals surface area contributed by atoms with E-state index in [1.807, 2.05) is 24.3 Å². The number of hydrogen-bond acceptors (Lipinski definition) is 6. The first-order valence-corrected chi connectivity index (χ1v) is 11.6. The average molecular weight is 445 g/mol. The maximum absolute atomic E-state index is 13.0. The van der Waals surface area contributed by atoms with Crippen LogP contribution in [-0.4, -0.2) is 58.0 Å². The molecule has 0 N–H and O–H groups in total. The normalized spacial score (nSPS) is 16.2. The summed E-state index contributed by atoms with van der Waals surface area (Å²) in [7, 11) is -2.41. The zero-order valence-corrected chi connectivity index (χ0v) is 18.1. The van der Waals surface area contributed by atoms with Gasteiger partial charge in [0.1, 0.15) is 10.6 Å². The van der Waals surface area contributed by atoms with Crippen LogP contribution in [0.4, 0.5) is 5.69 Å². The molecule has 0 aliphatic carbocycles. The fourth-order valence-corrected chi connectivity index (χ4v) is 5.66. The SMILES string of the molecule is COc1ccc(C(=O)OCC(=O)N2CCc3ccccc32)cc1S(=O)(=O)N1CCCC1. The Kier molecular flexibility index (Phi) is 5.97. The molecule has 0 bridgehead atoms. The van der Waals surface area contributed by atoms with Gasteiger partial charge in [-0.1, -0.05) is 18.2 Å². The maximum atomic E-state index is 13.0. The summed E-state index contributed by atoms with van der Waals surface area (Å²) < 4.78 is 37.8. The van der Waals surface area contributed by atoms with Gasteiger partial charge in [0.25, 0.3) is 5.91 Å². The molecule has 2 aliphatic rings. The fourth-order valence-electron chi connectivity index (χ4n) is 3.96. The summed E-state index contributed by atoms with van der Waals surface area (Å²) >= 11 is 0. The molecule has 1 fully saturated rings. The second kappa shape index (κ2) is 8.68. The summed E-state index contributed by atoms with van der Waals surface area (Å²) in [6.45, 7) is 0.988. The van der Waals surface area contributed by atoms with E-state index in [2.05, 4.69) is 0 Å². The van der Waals surface area contributed by atoms with Crippen LogP contribution in [0.3, 0.4) is 0 Å². The standard InChI is InChI=1S/C22H24N2O6S/c1-29-19-9-8-17(14-20(19)31(27,28)23-11-4-5-12-23)22(26)30-15-21(25)24-13-10-16-6-2-3-7-18(16)24/h2-3,6-9,14H,4-5,10-13,15H2,1H3. The molecule has 0 spiro atoms. The van der Waals surface area contributed by atoms with Crippen LogP contribution in [0.5, 0.6) is 5.75 Å². The summed E-state index contributed by atoms with van der Waals surface area (Å²) in [6.07, 6.45) is 2.35. The molecular weight excluding hydrogens is 420 g/mol. The number of anilines is 1. The minimum Gasteiger partial charge on any atom is -0.495 e. The summed E-state index contributed by atoms with van der Waals surface area (Å²) in [5.41, 5.74) is 1.95. The van der Waals surface area contributed by atoms with Crippen LogP contribution >= 0.6 is 0 Å². The van der Waals surface area contributed by atoms with Crippen LogP contribution in [0.1, 0.15) is 28.8 Å². The van der Waals surface area contributed by atoms with E-state index < -0.39 is 22.6 Å². The summed E-state index contributed by atoms with van der Waals surface area (Å²) in [5, 5.41) is 0. The summed E-state index contributed by atoms with van der Waals surface area (Å²) in [4.78, 5) is 26.7. The van der Waals surface area contributed by atoms with E-state index in [0.29, 0.717) is 19.6 Å². The smallest absolute Gasteiger partial charge is 0.338 e. The van der Waals surface area contributed by atoms with Crippen LogP contribution < -0.4 is 9.64 Å². The largest absolute Gasteiger partial charge is 0.495 e. The van der Waals surface area contributed by atoms with Gasteiger partial charge < -0.3 is 14.4 Å². The van der Waals surface area contributed by atoms with Crippen molar-refractivity contribution >= 4 is 27.6 Å². The number of esters is 1. The van der Waals surface area contributed by atoms with Gasteiger partial charge in [0, 0.05) is 25.3 Å². The van der Waals surface area contributed by atoms with E-state index in [9.17, 15) is 18.0 Å². The zero-order valence-electron chi connectivity index (χ0n) is 17.2. The molecule has 1 amide bonds. The topological polar surface area (TPSA) is 93.2 Å². The number of fused-ring (bicyclic) bond motifs is 1. The predicted molar refractivity (Wildman–Crippen MR) is 114 cm³/mol. The van der Waals surface area contributed by atoms with Gasteiger partial charge in [0.05, 0.1) is 12.7 Å². The predicted octanol–water partition coefficient (Wildman–Crippen LogP) is 2.23. The first-order valence-electron chi connectivity index (χ1n) is 10.2. The number of rotatable bonds is 6. The van der Waals surface area contributed by atoms with Crippen LogP contribution in [0.2, 0.25) is 0 Å². The Morgan fingerprint density at radius 1 is 1.03 bits per heavy atom. The molecule has 0 unspecified atom stereocenters. The average Bonchev–Trinajstić information content (AvgIpc) is 3.47. The van der Waals surface area contributed by atoms with Crippen molar-refractivity contribution in [3.63, 3.8) is 0 Å². The molecule has 8 nitrogen and oxygen atoms in total. The van der Waals surface area contributed by atoms with Crippen molar-refractivity contribution in [2.45, 2.75) is 24.2 Å². The van der Waals surface area contributed by atoms with Crippen molar-refractivity contribution in [1.82, 2.24) is 4.31 Å². The molecule has 2 aromatic carbocycles. The van der Waals surface area contributed by atoms with Crippen LogP contribution in [0.15, 0.2) is 47.4 Å². The zero-order chi connectivity index (χ0) is 22.0. The molecular formula is C22H24N2O6S. The first kappa shape index (κ1) is 21.3. The van der Waals surface area contributed by atoms with Crippen molar-refractivity contribution in [2.24, 2.45) is 0 Å². The summed E-state index contributed by atoms with van der Waals surface area (Å²) in [5.74, 6) is -0.925. The Labute approximate surface area is 181 Å². The van der Waals surface area contributed by atoms with Crippen molar-refractivity contribution < 1.29 is 27.5 Å². The maximum Gasteiger partial charge on any atom is 0.338 e. The lowest BCUT2D eigenvalue weighted by atomic mass is 10.2. The Bertz CT molecular complexity index is 1110. The molecule has 0 radical (unpaired) electrons. The van der Waals surface area contributed by atoms with Crippen LogP contribution in [-0.2, 0) is 26.0 Å². The molecule has 4 rings (SSSR count). The number of amides is 1. The van der Waals surface area contributed by atoms with E-state index in [0.717, 1.165) is 30.5 Å². The highest BCUT2D eigenvalue weighted by molar-refractivity contribution is 7.89. The van der Waals surface area contributed by atoms with E-state index in [1.165, 1.54) is 29.6 Å². The highest BCUT2D eigenvalue weighted by Gasteiger charge is 2.31. The Balaban J connectivity index is 1.48. The molecule has 0 saturated carbocycles. The molecule has 1 saturated heterocycles. The van der Waals surface area contributed by atoms with Gasteiger partial charge in [-0.05, 0) is 49.1 Å². The fraction of sp³-hybridized carbons (Fsp3) is 0.364. The van der Waals surface area contributed by atoms with Crippen molar-refractivity contribution in [2.75, 3.05) is 38.3 Å². The van der Waals surface area contributed by atoms with Gasteiger partial charge in [0.15, 0.2) is 6.61 Å². The number of methoxy groups -OCH3 is 1. The highest BCUT2D eigenvalue weighted by atomic mass is 32.2. The van der Waals surface area contributed by atoms with Gasteiger partial charge in [-0.15, -0.1) is 0 Å². The van der Waals surface area contributed by atoms with Gasteiger partial charge in [-0.2, -0.15) is 4.31 Å². The third-order valence-electron chi connectivity index (χ3n) is 5.60. The number of benzene rings is 2. The Hall–Kier alpha value is -2.91. The number of carbonyl (C=O) groups excluding carboxylic acids is 2. The molecule has 2 aromatic rings. The number of nitrogens with zero attached hydrogens (tertiary/aromatic N) is 2. The van der Waals surface area contributed by atoms with E-state index in [-0.39, 0.29) is 22.1 Å². The van der Waals surface area contributed by atoms with Crippen LogP contribution in [0.25, 0.3) is 0 Å². The van der Waals surface area contributed by atoms with Crippen molar-refractivity contribution in [3.05, 3.63) is 53.6 Å². The number of carbonyl (C=O) groups is 2. The second-order valence-corrected chi connectivity index (χ2v) is 9.38. The van der Waals surface area contributed by atoms with Crippen molar-refractivity contribution in [3.8, 4) is 5.75 Å². The molecule has 2 aliphatic heterocycles. The lowest BCUT2D eigenvalue weighted by molar-refractivity contribution is -0.121.